The van der Waals surface area contributed by atoms with E-state index in [1.54, 1.807) is 6.08 Å². The Bertz CT molecular complexity index is 1250. The molecule has 2 atom stereocenters. The second-order valence-electron chi connectivity index (χ2n) is 10.4. The number of nitrogens with zero attached hydrogens (tertiary/aromatic N) is 2. The summed E-state index contributed by atoms with van der Waals surface area (Å²) in [5.41, 5.74) is 8.40. The summed E-state index contributed by atoms with van der Waals surface area (Å²) >= 11 is 0. The lowest BCUT2D eigenvalue weighted by Gasteiger charge is -2.38. The predicted molar refractivity (Wildman–Crippen MR) is 135 cm³/mol. The molecule has 1 saturated carbocycles. The van der Waals surface area contributed by atoms with Crippen LogP contribution in [0.5, 0.6) is 0 Å². The normalized spacial score (nSPS) is 25.5. The first kappa shape index (κ1) is 21.9. The van der Waals surface area contributed by atoms with Crippen molar-refractivity contribution in [1.29, 1.82) is 0 Å². The van der Waals surface area contributed by atoms with Crippen molar-refractivity contribution < 1.29 is 4.79 Å². The minimum Gasteiger partial charge on any atom is -0.299 e. The number of imidazole rings is 1. The van der Waals surface area contributed by atoms with Gasteiger partial charge < -0.3 is 0 Å². The summed E-state index contributed by atoms with van der Waals surface area (Å²) in [7, 11) is 0. The number of benzene rings is 1. The quantitative estimate of drug-likeness (QED) is 0.442. The van der Waals surface area contributed by atoms with Gasteiger partial charge in [0.1, 0.15) is 5.65 Å². The fourth-order valence-corrected chi connectivity index (χ4v) is 5.95. The van der Waals surface area contributed by atoms with Crippen molar-refractivity contribution in [3.05, 3.63) is 88.9 Å². The zero-order chi connectivity index (χ0) is 23.1. The van der Waals surface area contributed by atoms with Crippen LogP contribution in [0.25, 0.3) is 11.2 Å². The molecule has 2 aliphatic rings. The molecule has 0 amide bonds. The van der Waals surface area contributed by atoms with Crippen LogP contribution in [0.2, 0.25) is 0 Å². The molecular formula is C30H34N2O. The first-order valence-electron chi connectivity index (χ1n) is 12.4. The molecule has 2 aliphatic carbocycles. The number of aromatic nitrogens is 2. The second kappa shape index (κ2) is 8.78. The molecule has 2 aromatic heterocycles. The smallest absolute Gasteiger partial charge is 0.160 e. The van der Waals surface area contributed by atoms with Crippen LogP contribution < -0.4 is 0 Å². The highest BCUT2D eigenvalue weighted by atomic mass is 16.1. The number of rotatable bonds is 4. The third-order valence-electron chi connectivity index (χ3n) is 8.13. The van der Waals surface area contributed by atoms with Crippen LogP contribution in [0, 0.1) is 24.7 Å². The van der Waals surface area contributed by atoms with Crippen molar-refractivity contribution in [3.8, 4) is 0 Å². The van der Waals surface area contributed by atoms with E-state index in [4.69, 9.17) is 0 Å². The van der Waals surface area contributed by atoms with Gasteiger partial charge in [-0.25, -0.2) is 4.98 Å². The Hall–Kier alpha value is -2.94. The predicted octanol–water partition coefficient (Wildman–Crippen LogP) is 6.93. The van der Waals surface area contributed by atoms with Crippen LogP contribution in [0.3, 0.4) is 0 Å². The summed E-state index contributed by atoms with van der Waals surface area (Å²) in [6.07, 6.45) is 13.5. The monoisotopic (exact) mass is 438 g/mol. The van der Waals surface area contributed by atoms with E-state index < -0.39 is 0 Å². The molecule has 0 bridgehead atoms. The van der Waals surface area contributed by atoms with Gasteiger partial charge in [-0.05, 0) is 77.8 Å². The third kappa shape index (κ3) is 4.21. The molecule has 3 nitrogen and oxygen atoms in total. The van der Waals surface area contributed by atoms with Gasteiger partial charge in [-0.15, -0.1) is 0 Å². The summed E-state index contributed by atoms with van der Waals surface area (Å²) in [6, 6.07) is 11.4. The molecule has 1 fully saturated rings. The number of carbonyl (C=O) groups excluding carboxylic acids is 1. The molecule has 3 aromatic rings. The molecule has 1 aromatic carbocycles. The lowest BCUT2D eigenvalue weighted by molar-refractivity contribution is -0.113. The Balaban J connectivity index is 1.41. The molecule has 0 aliphatic heterocycles. The van der Waals surface area contributed by atoms with E-state index in [1.165, 1.54) is 35.1 Å². The summed E-state index contributed by atoms with van der Waals surface area (Å²) in [4.78, 5) is 16.6. The second-order valence-corrected chi connectivity index (χ2v) is 10.4. The van der Waals surface area contributed by atoms with E-state index in [0.717, 1.165) is 41.1 Å². The molecule has 0 radical (unpaired) electrons. The highest BCUT2D eigenvalue weighted by Gasteiger charge is 2.31. The summed E-state index contributed by atoms with van der Waals surface area (Å²) in [6.45, 7) is 9.54. The van der Waals surface area contributed by atoms with Gasteiger partial charge in [0.2, 0.25) is 0 Å². The Morgan fingerprint density at radius 2 is 1.85 bits per heavy atom. The minimum absolute atomic E-state index is 0.150. The fraction of sp³-hybridized carbons (Fsp3) is 0.400. The molecule has 3 heteroatoms. The molecule has 0 spiro atoms. The van der Waals surface area contributed by atoms with Gasteiger partial charge in [-0.1, -0.05) is 57.2 Å². The SMILES string of the molecule is Cc1cc(Cc2ccc(C3=CC(=O)CC=C3)n3ccnc23)ccc1C1CC(C)C(C)C(C)C1. The average Bonchev–Trinajstić information content (AvgIpc) is 3.28. The van der Waals surface area contributed by atoms with E-state index in [9.17, 15) is 4.79 Å². The first-order valence-corrected chi connectivity index (χ1v) is 12.4. The van der Waals surface area contributed by atoms with E-state index in [0.29, 0.717) is 12.3 Å². The van der Waals surface area contributed by atoms with Crippen molar-refractivity contribution in [2.45, 2.75) is 59.3 Å². The molecule has 0 saturated heterocycles. The molecular weight excluding hydrogens is 404 g/mol. The number of fused-ring (bicyclic) bond motifs is 1. The van der Waals surface area contributed by atoms with Crippen molar-refractivity contribution in [3.63, 3.8) is 0 Å². The van der Waals surface area contributed by atoms with Gasteiger partial charge >= 0.3 is 0 Å². The van der Waals surface area contributed by atoms with Crippen LogP contribution in [0.15, 0.2) is 61.0 Å². The molecule has 170 valence electrons. The summed E-state index contributed by atoms with van der Waals surface area (Å²) in [5, 5.41) is 0. The molecule has 0 N–H and O–H groups in total. The standard InChI is InChI=1S/C30H34N2O/c1-19-15-26(16-20(2)22(19)4)28-10-8-23(14-21(28)3)17-25-9-11-29(32-13-12-31-30(25)32)24-6-5-7-27(33)18-24/h5-6,8-14,18-20,22,26H,7,15-17H2,1-4H3. The minimum atomic E-state index is 0.150. The Morgan fingerprint density at radius 1 is 1.06 bits per heavy atom. The number of allylic oxidation sites excluding steroid dienone is 4. The highest BCUT2D eigenvalue weighted by Crippen LogP contribution is 2.43. The van der Waals surface area contributed by atoms with Gasteiger partial charge in [0.25, 0.3) is 0 Å². The zero-order valence-corrected chi connectivity index (χ0v) is 20.2. The lowest BCUT2D eigenvalue weighted by atomic mass is 9.67. The third-order valence-corrected chi connectivity index (χ3v) is 8.13. The molecule has 2 heterocycles. The summed E-state index contributed by atoms with van der Waals surface area (Å²) in [5.74, 6) is 3.22. The van der Waals surface area contributed by atoms with Crippen molar-refractivity contribution in [2.75, 3.05) is 0 Å². The van der Waals surface area contributed by atoms with E-state index in [-0.39, 0.29) is 5.78 Å². The number of aryl methyl sites for hydroxylation is 1. The maximum absolute atomic E-state index is 11.9. The topological polar surface area (TPSA) is 34.4 Å². The largest absolute Gasteiger partial charge is 0.299 e. The number of hydrogen-bond donors (Lipinski definition) is 0. The lowest BCUT2D eigenvalue weighted by Crippen LogP contribution is -2.27. The van der Waals surface area contributed by atoms with Gasteiger partial charge in [0, 0.05) is 30.8 Å². The van der Waals surface area contributed by atoms with Crippen molar-refractivity contribution >= 4 is 17.0 Å². The van der Waals surface area contributed by atoms with Gasteiger partial charge in [0.15, 0.2) is 5.78 Å². The van der Waals surface area contributed by atoms with Crippen molar-refractivity contribution in [2.24, 2.45) is 17.8 Å². The maximum atomic E-state index is 11.9. The zero-order valence-electron chi connectivity index (χ0n) is 20.2. The summed E-state index contributed by atoms with van der Waals surface area (Å²) < 4.78 is 2.11. The molecule has 2 unspecified atom stereocenters. The van der Waals surface area contributed by atoms with Crippen LogP contribution in [-0.4, -0.2) is 15.2 Å². The van der Waals surface area contributed by atoms with Crippen molar-refractivity contribution in [1.82, 2.24) is 9.38 Å². The number of ketones is 1. The van der Waals surface area contributed by atoms with E-state index in [1.807, 2.05) is 24.5 Å². The Kier molecular flexibility index (Phi) is 5.82. The highest BCUT2D eigenvalue weighted by molar-refractivity contribution is 6.01. The number of carbonyl (C=O) groups is 1. The van der Waals surface area contributed by atoms with Crippen LogP contribution in [-0.2, 0) is 11.2 Å². The van der Waals surface area contributed by atoms with E-state index in [2.05, 4.69) is 67.4 Å². The van der Waals surface area contributed by atoms with Gasteiger partial charge in [-0.2, -0.15) is 0 Å². The first-order chi connectivity index (χ1) is 15.9. The number of hydrogen-bond acceptors (Lipinski definition) is 2. The fourth-order valence-electron chi connectivity index (χ4n) is 5.95. The average molecular weight is 439 g/mol. The van der Waals surface area contributed by atoms with Crippen LogP contribution >= 0.6 is 0 Å². The number of pyridine rings is 1. The molecule has 5 rings (SSSR count). The van der Waals surface area contributed by atoms with E-state index >= 15 is 0 Å². The maximum Gasteiger partial charge on any atom is 0.160 e. The molecule has 33 heavy (non-hydrogen) atoms. The van der Waals surface area contributed by atoms with Crippen LogP contribution in [0.4, 0.5) is 0 Å². The Labute approximate surface area is 197 Å². The van der Waals surface area contributed by atoms with Gasteiger partial charge in [0.05, 0.1) is 5.69 Å². The van der Waals surface area contributed by atoms with Gasteiger partial charge in [-0.3, -0.25) is 9.20 Å². The van der Waals surface area contributed by atoms with Crippen LogP contribution in [0.1, 0.15) is 73.9 Å². The Morgan fingerprint density at radius 3 is 2.58 bits per heavy atom.